The van der Waals surface area contributed by atoms with Crippen LogP contribution in [0.5, 0.6) is 0 Å². The lowest BCUT2D eigenvalue weighted by Crippen LogP contribution is -2.48. The molecule has 0 radical (unpaired) electrons. The molecule has 0 aliphatic heterocycles. The van der Waals surface area contributed by atoms with Gasteiger partial charge in [-0.25, -0.2) is 0 Å². The van der Waals surface area contributed by atoms with Crippen molar-refractivity contribution in [2.24, 2.45) is 17.8 Å². The van der Waals surface area contributed by atoms with E-state index in [0.29, 0.717) is 5.41 Å². The van der Waals surface area contributed by atoms with Crippen LogP contribution in [0.25, 0.3) is 0 Å². The van der Waals surface area contributed by atoms with Crippen molar-refractivity contribution in [3.8, 4) is 0 Å². The van der Waals surface area contributed by atoms with Gasteiger partial charge in [-0.15, -0.1) is 0 Å². The number of nitrogens with one attached hydrogen (secondary N) is 1. The predicted molar refractivity (Wildman–Crippen MR) is 86.2 cm³/mol. The zero-order valence-corrected chi connectivity index (χ0v) is 13.5. The Labute approximate surface area is 127 Å². The molecule has 4 fully saturated rings. The van der Waals surface area contributed by atoms with Gasteiger partial charge in [0.25, 0.3) is 0 Å². The first-order chi connectivity index (χ1) is 9.79. The van der Waals surface area contributed by atoms with Crippen LogP contribution in [0.15, 0.2) is 10.8 Å². The van der Waals surface area contributed by atoms with Crippen LogP contribution in [0.1, 0.15) is 63.0 Å². The van der Waals surface area contributed by atoms with Gasteiger partial charge in [-0.1, -0.05) is 6.92 Å². The molecule has 5 rings (SSSR count). The van der Waals surface area contributed by atoms with Crippen molar-refractivity contribution < 1.29 is 0 Å². The molecule has 1 heterocycles. The number of hydrogen-bond donors (Lipinski definition) is 1. The third kappa shape index (κ3) is 2.16. The topological polar surface area (TPSA) is 12.0 Å². The van der Waals surface area contributed by atoms with E-state index in [1.54, 1.807) is 30.4 Å². The van der Waals surface area contributed by atoms with Crippen molar-refractivity contribution in [2.45, 2.75) is 63.8 Å². The zero-order chi connectivity index (χ0) is 13.6. The van der Waals surface area contributed by atoms with Gasteiger partial charge in [0.15, 0.2) is 0 Å². The molecular weight excluding hydrogens is 262 g/mol. The van der Waals surface area contributed by atoms with Crippen LogP contribution in [0.2, 0.25) is 0 Å². The number of thiophene rings is 1. The second kappa shape index (κ2) is 5.14. The Bertz CT molecular complexity index is 440. The first kappa shape index (κ1) is 13.3. The lowest BCUT2D eigenvalue weighted by molar-refractivity contribution is -0.00540. The van der Waals surface area contributed by atoms with Crippen LogP contribution in [0.3, 0.4) is 0 Å². The lowest BCUT2D eigenvalue weighted by atomic mass is 9.48. The van der Waals surface area contributed by atoms with E-state index in [4.69, 9.17) is 0 Å². The summed E-state index contributed by atoms with van der Waals surface area (Å²) in [5.41, 5.74) is 3.94. The highest BCUT2D eigenvalue weighted by molar-refractivity contribution is 7.08. The Balaban J connectivity index is 1.59. The molecule has 1 nitrogen and oxygen atoms in total. The highest BCUT2D eigenvalue weighted by Crippen LogP contribution is 2.61. The van der Waals surface area contributed by atoms with Crippen molar-refractivity contribution in [3.05, 3.63) is 21.9 Å². The van der Waals surface area contributed by atoms with E-state index in [2.05, 4.69) is 23.0 Å². The highest BCUT2D eigenvalue weighted by atomic mass is 32.1. The Morgan fingerprint density at radius 1 is 1.10 bits per heavy atom. The van der Waals surface area contributed by atoms with Gasteiger partial charge in [-0.05, 0) is 96.5 Å². The second-order valence-corrected chi connectivity index (χ2v) is 8.43. The van der Waals surface area contributed by atoms with Gasteiger partial charge < -0.3 is 5.32 Å². The zero-order valence-electron chi connectivity index (χ0n) is 12.7. The van der Waals surface area contributed by atoms with Crippen LogP contribution >= 0.6 is 11.3 Å². The van der Waals surface area contributed by atoms with Gasteiger partial charge in [0, 0.05) is 6.54 Å². The van der Waals surface area contributed by atoms with E-state index >= 15 is 0 Å². The molecule has 0 amide bonds. The minimum absolute atomic E-state index is 0.581. The normalized spacial score (nSPS) is 38.5. The van der Waals surface area contributed by atoms with E-state index in [1.807, 2.05) is 11.3 Å². The molecule has 4 aliphatic carbocycles. The molecular formula is C18H27NS. The number of rotatable bonds is 5. The summed E-state index contributed by atoms with van der Waals surface area (Å²) in [5, 5.41) is 8.53. The summed E-state index contributed by atoms with van der Waals surface area (Å²) in [6, 6.07) is 0. The summed E-state index contributed by atoms with van der Waals surface area (Å²) >= 11 is 1.93. The van der Waals surface area contributed by atoms with E-state index in [1.165, 1.54) is 25.7 Å². The van der Waals surface area contributed by atoms with Gasteiger partial charge in [-0.2, -0.15) is 11.3 Å². The molecule has 1 N–H and O–H groups in total. The van der Waals surface area contributed by atoms with Crippen molar-refractivity contribution in [2.75, 3.05) is 6.54 Å². The van der Waals surface area contributed by atoms with Crippen LogP contribution in [0.4, 0.5) is 0 Å². The van der Waals surface area contributed by atoms with Crippen molar-refractivity contribution in [1.82, 2.24) is 5.32 Å². The van der Waals surface area contributed by atoms with E-state index in [-0.39, 0.29) is 0 Å². The summed E-state index contributed by atoms with van der Waals surface area (Å²) in [6.45, 7) is 4.49. The minimum atomic E-state index is 0.581. The van der Waals surface area contributed by atoms with Crippen LogP contribution in [-0.4, -0.2) is 6.54 Å². The molecule has 4 aliphatic rings. The minimum Gasteiger partial charge on any atom is -0.313 e. The quantitative estimate of drug-likeness (QED) is 0.774. The smallest absolute Gasteiger partial charge is 0.0216 e. The van der Waals surface area contributed by atoms with Gasteiger partial charge in [0.2, 0.25) is 0 Å². The van der Waals surface area contributed by atoms with Crippen molar-refractivity contribution >= 4 is 11.3 Å². The fourth-order valence-electron chi connectivity index (χ4n) is 5.77. The molecule has 110 valence electrons. The van der Waals surface area contributed by atoms with E-state index in [9.17, 15) is 0 Å². The summed E-state index contributed by atoms with van der Waals surface area (Å²) in [5.74, 6) is 3.16. The summed E-state index contributed by atoms with van der Waals surface area (Å²) in [4.78, 5) is 0. The van der Waals surface area contributed by atoms with Gasteiger partial charge in [0.05, 0.1) is 0 Å². The van der Waals surface area contributed by atoms with Crippen LogP contribution in [-0.2, 0) is 12.0 Å². The largest absolute Gasteiger partial charge is 0.313 e. The fourth-order valence-corrected chi connectivity index (χ4v) is 6.75. The van der Waals surface area contributed by atoms with Gasteiger partial charge in [0.1, 0.15) is 0 Å². The monoisotopic (exact) mass is 289 g/mol. The maximum atomic E-state index is 3.62. The third-order valence-corrected chi connectivity index (χ3v) is 6.89. The molecule has 1 aromatic heterocycles. The van der Waals surface area contributed by atoms with Crippen LogP contribution < -0.4 is 5.32 Å². The third-order valence-electron chi connectivity index (χ3n) is 6.09. The molecule has 2 heteroatoms. The summed E-state index contributed by atoms with van der Waals surface area (Å²) in [6.07, 6.45) is 10.4. The molecule has 0 unspecified atom stereocenters. The van der Waals surface area contributed by atoms with Crippen molar-refractivity contribution in [1.29, 1.82) is 0 Å². The summed E-state index contributed by atoms with van der Waals surface area (Å²) in [7, 11) is 0. The first-order valence-electron chi connectivity index (χ1n) is 8.55. The molecule has 0 saturated heterocycles. The molecule has 4 saturated carbocycles. The molecule has 0 spiro atoms. The average molecular weight is 289 g/mol. The van der Waals surface area contributed by atoms with Gasteiger partial charge in [-0.3, -0.25) is 0 Å². The first-order valence-corrected chi connectivity index (χ1v) is 9.49. The van der Waals surface area contributed by atoms with Crippen molar-refractivity contribution in [3.63, 3.8) is 0 Å². The molecule has 20 heavy (non-hydrogen) atoms. The van der Waals surface area contributed by atoms with E-state index < -0.39 is 0 Å². The number of hydrogen-bond acceptors (Lipinski definition) is 2. The molecule has 4 bridgehead atoms. The average Bonchev–Trinajstić information content (AvgIpc) is 2.86. The molecule has 0 aromatic carbocycles. The Morgan fingerprint density at radius 2 is 1.75 bits per heavy atom. The highest BCUT2D eigenvalue weighted by Gasteiger charge is 2.52. The Hall–Kier alpha value is -0.340. The van der Waals surface area contributed by atoms with Crippen LogP contribution in [0, 0.1) is 17.8 Å². The summed E-state index contributed by atoms with van der Waals surface area (Å²) < 4.78 is 0. The Kier molecular flexibility index (Phi) is 3.42. The van der Waals surface area contributed by atoms with E-state index in [0.717, 1.165) is 30.8 Å². The maximum absolute atomic E-state index is 3.62. The lowest BCUT2D eigenvalue weighted by Gasteiger charge is -2.57. The SMILES string of the molecule is CCCNCc1cscc1C12CC3CC(CC(C3)C1)C2. The predicted octanol–water partition coefficient (Wildman–Crippen LogP) is 4.72. The molecule has 1 aromatic rings. The second-order valence-electron chi connectivity index (χ2n) is 7.69. The standard InChI is InChI=1S/C18H27NS/c1-2-3-19-10-16-11-20-12-17(16)18-7-13-4-14(8-18)6-15(5-13)9-18/h11-15,19H,2-10H2,1H3. The molecule has 0 atom stereocenters. The van der Waals surface area contributed by atoms with Gasteiger partial charge >= 0.3 is 0 Å². The Morgan fingerprint density at radius 3 is 2.35 bits per heavy atom. The maximum Gasteiger partial charge on any atom is 0.0216 e. The fraction of sp³-hybridized carbons (Fsp3) is 0.778.